The molecule has 0 unspecified atom stereocenters. The zero-order chi connectivity index (χ0) is 43.8. The van der Waals surface area contributed by atoms with Gasteiger partial charge in [0.2, 0.25) is 29.4 Å². The molecule has 0 radical (unpaired) electrons. The molecule has 4 N–H and O–H groups in total. The maximum atomic E-state index is 14.9. The summed E-state index contributed by atoms with van der Waals surface area (Å²) in [7, 11) is 0. The van der Waals surface area contributed by atoms with E-state index in [4.69, 9.17) is 9.47 Å². The number of aryl methyl sites for hydroxylation is 1. The van der Waals surface area contributed by atoms with Gasteiger partial charge in [-0.25, -0.2) is 14.4 Å². The largest absolute Gasteiger partial charge is 0.490 e. The van der Waals surface area contributed by atoms with Gasteiger partial charge in [-0.15, -0.1) is 22.7 Å². The molecule has 2 aliphatic heterocycles. The smallest absolute Gasteiger partial charge is 0.246 e. The van der Waals surface area contributed by atoms with Crippen LogP contribution in [-0.2, 0) is 23.9 Å². The summed E-state index contributed by atoms with van der Waals surface area (Å²) < 4.78 is 40.3. The van der Waals surface area contributed by atoms with E-state index in [1.54, 1.807) is 43.0 Å². The second kappa shape index (κ2) is 20.2. The van der Waals surface area contributed by atoms with Crippen LogP contribution in [-0.4, -0.2) is 108 Å². The third-order valence-corrected chi connectivity index (χ3v) is 12.5. The van der Waals surface area contributed by atoms with Gasteiger partial charge in [-0.3, -0.25) is 19.2 Å². The molecule has 0 aliphatic carbocycles. The molecule has 2 saturated heterocycles. The lowest BCUT2D eigenvalue weighted by Gasteiger charge is -2.35. The molecule has 2 aromatic carbocycles. The number of hydrogen-bond donors (Lipinski definition) is 4. The van der Waals surface area contributed by atoms with Crippen molar-refractivity contribution in [3.05, 3.63) is 70.2 Å². The van der Waals surface area contributed by atoms with E-state index in [-0.39, 0.29) is 57.2 Å². The van der Waals surface area contributed by atoms with Crippen LogP contribution < -0.4 is 25.6 Å². The number of anilines is 1. The number of halogens is 2. The molecule has 0 saturated carbocycles. The Kier molecular flexibility index (Phi) is 15.1. The molecule has 4 heterocycles. The lowest BCUT2D eigenvalue weighted by atomic mass is 9.85. The van der Waals surface area contributed by atoms with Crippen LogP contribution in [0.2, 0.25) is 0 Å². The zero-order valence-corrected chi connectivity index (χ0v) is 36.6. The van der Waals surface area contributed by atoms with E-state index in [1.165, 1.54) is 22.3 Å². The Morgan fingerprint density at radius 3 is 2.43 bits per heavy atom. The summed E-state index contributed by atoms with van der Waals surface area (Å²) in [5.74, 6) is -4.34. The number of likely N-dealkylation sites (tertiary alicyclic amines) is 1. The molecular weight excluding hydrogens is 829 g/mol. The number of carbonyl (C=O) groups excluding carboxylic acids is 4. The van der Waals surface area contributed by atoms with Crippen molar-refractivity contribution >= 4 is 51.4 Å². The maximum absolute atomic E-state index is 14.9. The molecule has 4 atom stereocenters. The average molecular weight is 882 g/mol. The summed E-state index contributed by atoms with van der Waals surface area (Å²) in [5, 5.41) is 21.6. The van der Waals surface area contributed by atoms with Gasteiger partial charge in [-0.2, -0.15) is 4.39 Å². The van der Waals surface area contributed by atoms with Gasteiger partial charge in [-0.05, 0) is 48.9 Å². The second-order valence-electron chi connectivity index (χ2n) is 16.3. The molecule has 328 valence electrons. The summed E-state index contributed by atoms with van der Waals surface area (Å²) in [5.41, 5.74) is 4.62. The highest BCUT2D eigenvalue weighted by Gasteiger charge is 2.44. The van der Waals surface area contributed by atoms with E-state index >= 15 is 0 Å². The van der Waals surface area contributed by atoms with Crippen molar-refractivity contribution in [1.29, 1.82) is 0 Å². The van der Waals surface area contributed by atoms with Gasteiger partial charge >= 0.3 is 0 Å². The highest BCUT2D eigenvalue weighted by atomic mass is 32.1. The van der Waals surface area contributed by atoms with Crippen molar-refractivity contribution in [2.75, 3.05) is 50.9 Å². The highest BCUT2D eigenvalue weighted by molar-refractivity contribution is 7.14. The molecule has 6 rings (SSSR count). The van der Waals surface area contributed by atoms with Crippen molar-refractivity contribution < 1.29 is 42.5 Å². The van der Waals surface area contributed by atoms with E-state index in [9.17, 15) is 33.1 Å². The van der Waals surface area contributed by atoms with Crippen molar-refractivity contribution in [3.63, 3.8) is 0 Å². The number of β-amino-alcohol motifs (C(OH)–C–C–N with tert-alkyl or cyclic N) is 1. The number of ether oxygens (including phenoxy) is 2. The number of nitrogens with one attached hydrogen (secondary N) is 3. The molecule has 2 aliphatic rings. The normalized spacial score (nSPS) is 17.8. The quantitative estimate of drug-likeness (QED) is 0.107. The lowest BCUT2D eigenvalue weighted by Crippen LogP contribution is -2.57. The van der Waals surface area contributed by atoms with Crippen LogP contribution in [0.25, 0.3) is 21.7 Å². The second-order valence-corrected chi connectivity index (χ2v) is 18.0. The van der Waals surface area contributed by atoms with Crippen LogP contribution in [0.4, 0.5) is 13.9 Å². The summed E-state index contributed by atoms with van der Waals surface area (Å²) >= 11 is 2.95. The van der Waals surface area contributed by atoms with Crippen LogP contribution in [0.15, 0.2) is 47.3 Å². The molecule has 4 amide bonds. The minimum absolute atomic E-state index is 0.0337. The maximum Gasteiger partial charge on any atom is 0.246 e. The predicted molar refractivity (Wildman–Crippen MR) is 229 cm³/mol. The molecule has 18 heteroatoms. The molecule has 61 heavy (non-hydrogen) atoms. The van der Waals surface area contributed by atoms with E-state index in [1.807, 2.05) is 38.1 Å². The topological polar surface area (TPSA) is 175 Å². The van der Waals surface area contributed by atoms with Gasteiger partial charge in [0.25, 0.3) is 0 Å². The van der Waals surface area contributed by atoms with Crippen LogP contribution >= 0.6 is 22.7 Å². The number of benzene rings is 2. The first-order valence-electron chi connectivity index (χ1n) is 20.4. The Labute approximate surface area is 362 Å². The summed E-state index contributed by atoms with van der Waals surface area (Å²) in [6.07, 6.45) is -1.01. The number of hydrogen-bond acceptors (Lipinski definition) is 12. The minimum Gasteiger partial charge on any atom is -0.490 e. The number of nitrogens with zero attached hydrogens (tertiary/aromatic N) is 4. The van der Waals surface area contributed by atoms with E-state index in [2.05, 4.69) is 30.8 Å². The van der Waals surface area contributed by atoms with Crippen LogP contribution in [0, 0.1) is 24.0 Å². The number of amides is 4. The Hall–Kier alpha value is -5.04. The third kappa shape index (κ3) is 11.5. The standard InChI is InChI=1S/C43H53F2N7O7S2/c1-25(27-7-9-28(10-8-27)38-26(2)47-24-61-38)48-40(56)33-21-29(53)22-52(33)41(57)39(43(3,4)5)50-35(55)14-13-34(54)46-15-6-18-59-37-30(11-12-31(44)36(37)45)32-23-60-42(49-32)51-16-19-58-20-17-51/h7-12,23-25,29,33,39,53H,6,13-22H2,1-5H3,(H,46,54)(H,48,56)(H,50,55)/t25-,29+,33-,39+/m0/s1. The molecule has 2 aromatic heterocycles. The van der Waals surface area contributed by atoms with Gasteiger partial charge < -0.3 is 40.3 Å². The minimum atomic E-state index is -1.13. The molecule has 14 nitrogen and oxygen atoms in total. The Morgan fingerprint density at radius 2 is 1.74 bits per heavy atom. The number of carbonyl (C=O) groups is 4. The third-order valence-electron chi connectivity index (χ3n) is 10.6. The van der Waals surface area contributed by atoms with Crippen LogP contribution in [0.5, 0.6) is 5.75 Å². The molecule has 0 spiro atoms. The van der Waals surface area contributed by atoms with Crippen molar-refractivity contribution in [2.24, 2.45) is 5.41 Å². The first kappa shape index (κ1) is 45.5. The van der Waals surface area contributed by atoms with Crippen molar-refractivity contribution in [3.8, 4) is 27.4 Å². The first-order chi connectivity index (χ1) is 29.1. The van der Waals surface area contributed by atoms with Gasteiger partial charge in [0.15, 0.2) is 16.7 Å². The summed E-state index contributed by atoms with van der Waals surface area (Å²) in [6.45, 7) is 11.7. The fourth-order valence-electron chi connectivity index (χ4n) is 7.20. The SMILES string of the molecule is Cc1ncsc1-c1ccc([C@H](C)NC(=O)[C@@H]2C[C@@H](O)CN2C(=O)[C@@H](NC(=O)CCC(=O)NCCCOc2c(-c3csc(N4CCOCC4)n3)ccc(F)c2F)C(C)(C)C)cc1. The first-order valence-corrected chi connectivity index (χ1v) is 22.1. The number of thiazole rings is 2. The van der Waals surface area contributed by atoms with Crippen molar-refractivity contribution in [1.82, 2.24) is 30.8 Å². The number of aliphatic hydroxyl groups is 1. The molecular formula is C43H53F2N7O7S2. The zero-order valence-electron chi connectivity index (χ0n) is 35.0. The van der Waals surface area contributed by atoms with E-state index in [0.29, 0.717) is 37.6 Å². The summed E-state index contributed by atoms with van der Waals surface area (Å²) in [4.78, 5) is 66.9. The number of aliphatic hydroxyl groups excluding tert-OH is 1. The Balaban J connectivity index is 0.966. The molecule has 4 aromatic rings. The Bertz CT molecular complexity index is 2170. The Morgan fingerprint density at radius 1 is 1.02 bits per heavy atom. The molecule has 0 bridgehead atoms. The van der Waals surface area contributed by atoms with Gasteiger partial charge in [0.1, 0.15) is 12.1 Å². The number of rotatable bonds is 16. The van der Waals surface area contributed by atoms with Crippen LogP contribution in [0.3, 0.4) is 0 Å². The fourth-order valence-corrected chi connectivity index (χ4v) is 8.89. The van der Waals surface area contributed by atoms with Gasteiger partial charge in [0, 0.05) is 56.4 Å². The van der Waals surface area contributed by atoms with Gasteiger partial charge in [0.05, 0.1) is 53.7 Å². The van der Waals surface area contributed by atoms with Crippen LogP contribution in [0.1, 0.15) is 70.7 Å². The van der Waals surface area contributed by atoms with E-state index in [0.717, 1.165) is 32.9 Å². The predicted octanol–water partition coefficient (Wildman–Crippen LogP) is 5.39. The van der Waals surface area contributed by atoms with E-state index < -0.39 is 58.9 Å². The fraction of sp³-hybridized carbons (Fsp3) is 0.488. The number of morpholine rings is 1. The van der Waals surface area contributed by atoms with Gasteiger partial charge in [-0.1, -0.05) is 45.0 Å². The summed E-state index contributed by atoms with van der Waals surface area (Å²) in [6, 6.07) is 7.89. The molecule has 2 fully saturated rings. The van der Waals surface area contributed by atoms with Crippen molar-refractivity contribution in [2.45, 2.75) is 84.5 Å². The number of aromatic nitrogens is 2. The highest BCUT2D eigenvalue weighted by Crippen LogP contribution is 2.37. The average Bonchev–Trinajstić information content (AvgIpc) is 4.00. The monoisotopic (exact) mass is 881 g/mol. The lowest BCUT2D eigenvalue weighted by molar-refractivity contribution is -0.144.